The number of rotatable bonds is 4. The Bertz CT molecular complexity index is 121. The van der Waals surface area contributed by atoms with Crippen molar-refractivity contribution in [1.29, 1.82) is 0 Å². The van der Waals surface area contributed by atoms with E-state index >= 15 is 0 Å². The minimum Gasteiger partial charge on any atom is -0.454 e. The summed E-state index contributed by atoms with van der Waals surface area (Å²) in [7, 11) is -3.15. The predicted molar refractivity (Wildman–Crippen MR) is 67.6 cm³/mol. The van der Waals surface area contributed by atoms with Crippen LogP contribution in [0, 0.1) is 0 Å². The molecule has 1 radical (unpaired) electrons. The van der Waals surface area contributed by atoms with Crippen molar-refractivity contribution in [3.8, 4) is 0 Å². The second-order valence-corrected chi connectivity index (χ2v) is 12.7. The Morgan fingerprint density at radius 3 is 1.21 bits per heavy atom. The normalized spacial score (nSPS) is 10.7. The van der Waals surface area contributed by atoms with Gasteiger partial charge in [-0.25, -0.2) is 0 Å². The van der Waals surface area contributed by atoms with E-state index in [4.69, 9.17) is 15.6 Å². The molecular formula is C8H28N2OSi2V. The molecular weight excluding hydrogens is 247 g/mol. The third-order valence-electron chi connectivity index (χ3n) is 1.54. The van der Waals surface area contributed by atoms with Crippen molar-refractivity contribution in [3.63, 3.8) is 0 Å². The first-order valence-electron chi connectivity index (χ1n) is 3.93. The molecule has 14 heavy (non-hydrogen) atoms. The van der Waals surface area contributed by atoms with E-state index in [-0.39, 0.29) is 33.4 Å². The molecule has 0 bridgehead atoms. The largest absolute Gasteiger partial charge is 0.454 e. The standard InChI is InChI=1S/C6H20N2OSi2.2CH4.V/c1-10(2,5-7)9-11(3,4)6-8;;;/h5-8H2,1-4H3;2*1H4;. The summed E-state index contributed by atoms with van der Waals surface area (Å²) in [6.07, 6.45) is 1.37. The average molecular weight is 275 g/mol. The van der Waals surface area contributed by atoms with Gasteiger partial charge >= 0.3 is 0 Å². The molecule has 0 heterocycles. The number of nitrogens with two attached hydrogens (primary N) is 2. The van der Waals surface area contributed by atoms with Crippen molar-refractivity contribution in [2.45, 2.75) is 41.0 Å². The molecule has 3 nitrogen and oxygen atoms in total. The zero-order valence-electron chi connectivity index (χ0n) is 8.42. The smallest absolute Gasteiger partial charge is 0.187 e. The van der Waals surface area contributed by atoms with Crippen LogP contribution in [0.2, 0.25) is 26.2 Å². The molecule has 0 aromatic rings. The van der Waals surface area contributed by atoms with Gasteiger partial charge < -0.3 is 15.6 Å². The van der Waals surface area contributed by atoms with Crippen LogP contribution in [0.3, 0.4) is 0 Å². The molecule has 0 aliphatic carbocycles. The summed E-state index contributed by atoms with van der Waals surface area (Å²) < 4.78 is 5.95. The van der Waals surface area contributed by atoms with Crippen LogP contribution >= 0.6 is 0 Å². The van der Waals surface area contributed by atoms with Crippen LogP contribution in [-0.4, -0.2) is 29.0 Å². The van der Waals surface area contributed by atoms with Crippen LogP contribution in [-0.2, 0) is 22.7 Å². The van der Waals surface area contributed by atoms with Crippen molar-refractivity contribution < 1.29 is 22.7 Å². The van der Waals surface area contributed by atoms with Crippen LogP contribution in [0.15, 0.2) is 0 Å². The van der Waals surface area contributed by atoms with Gasteiger partial charge in [-0.05, 0) is 26.2 Å². The number of hydrogen-bond acceptors (Lipinski definition) is 3. The minimum absolute atomic E-state index is 0. The Balaban J connectivity index is -0.000000167. The summed E-state index contributed by atoms with van der Waals surface area (Å²) in [4.78, 5) is 0. The quantitative estimate of drug-likeness (QED) is 0.767. The van der Waals surface area contributed by atoms with Gasteiger partial charge in [-0.2, -0.15) is 0 Å². The number of hydrogen-bond donors (Lipinski definition) is 2. The first-order chi connectivity index (χ1) is 4.83. The van der Waals surface area contributed by atoms with E-state index in [9.17, 15) is 0 Å². The first-order valence-corrected chi connectivity index (χ1v) is 10.2. The van der Waals surface area contributed by atoms with Crippen LogP contribution < -0.4 is 11.5 Å². The second-order valence-electron chi connectivity index (χ2n) is 4.03. The van der Waals surface area contributed by atoms with Gasteiger partial charge in [0.2, 0.25) is 0 Å². The van der Waals surface area contributed by atoms with Crippen molar-refractivity contribution >= 4 is 16.6 Å². The summed E-state index contributed by atoms with van der Waals surface area (Å²) in [5, 5.41) is 0. The van der Waals surface area contributed by atoms with Crippen LogP contribution in [0.5, 0.6) is 0 Å². The molecule has 6 heteroatoms. The van der Waals surface area contributed by atoms with Gasteiger partial charge in [0, 0.05) is 30.9 Å². The summed E-state index contributed by atoms with van der Waals surface area (Å²) in [6, 6.07) is 0. The van der Waals surface area contributed by atoms with Crippen molar-refractivity contribution in [3.05, 3.63) is 0 Å². The van der Waals surface area contributed by atoms with E-state index in [2.05, 4.69) is 26.2 Å². The van der Waals surface area contributed by atoms with E-state index in [1.807, 2.05) is 0 Å². The van der Waals surface area contributed by atoms with Crippen LogP contribution in [0.4, 0.5) is 0 Å². The van der Waals surface area contributed by atoms with Crippen LogP contribution in [0.25, 0.3) is 0 Å². The molecule has 0 aromatic heterocycles. The molecule has 89 valence electrons. The Kier molecular flexibility index (Phi) is 15.8. The second kappa shape index (κ2) is 9.15. The summed E-state index contributed by atoms with van der Waals surface area (Å²) in [5.74, 6) is 0. The molecule has 0 aromatic carbocycles. The molecule has 0 saturated heterocycles. The zero-order valence-corrected chi connectivity index (χ0v) is 11.8. The van der Waals surface area contributed by atoms with Crippen LogP contribution in [0.1, 0.15) is 14.9 Å². The molecule has 0 atom stereocenters. The van der Waals surface area contributed by atoms with E-state index in [0.717, 1.165) is 0 Å². The van der Waals surface area contributed by atoms with E-state index < -0.39 is 16.6 Å². The third-order valence-corrected chi connectivity index (χ3v) is 7.92. The fourth-order valence-electron chi connectivity index (χ4n) is 0.831. The fraction of sp³-hybridized carbons (Fsp3) is 1.00. The Morgan fingerprint density at radius 2 is 1.07 bits per heavy atom. The van der Waals surface area contributed by atoms with Gasteiger partial charge in [-0.1, -0.05) is 14.9 Å². The summed E-state index contributed by atoms with van der Waals surface area (Å²) in [5.41, 5.74) is 11.2. The molecule has 0 rings (SSSR count). The van der Waals surface area contributed by atoms with Gasteiger partial charge in [0.1, 0.15) is 0 Å². The molecule has 0 saturated carbocycles. The third kappa shape index (κ3) is 11.0. The molecule has 0 spiro atoms. The molecule has 0 aliphatic heterocycles. The minimum atomic E-state index is -1.57. The van der Waals surface area contributed by atoms with E-state index in [0.29, 0.717) is 12.3 Å². The Labute approximate surface area is 104 Å². The van der Waals surface area contributed by atoms with Crippen molar-refractivity contribution in [2.75, 3.05) is 12.3 Å². The molecule has 4 N–H and O–H groups in total. The molecule has 0 aliphatic rings. The SMILES string of the molecule is C.C.C[Si](C)(CN)O[Si](C)(C)CN.[V]. The van der Waals surface area contributed by atoms with Crippen molar-refractivity contribution in [2.24, 2.45) is 11.5 Å². The summed E-state index contributed by atoms with van der Waals surface area (Å²) in [6.45, 7) is 8.55. The molecule has 0 fully saturated rings. The first kappa shape index (κ1) is 24.2. The maximum absolute atomic E-state index is 5.95. The van der Waals surface area contributed by atoms with Gasteiger partial charge in [-0.15, -0.1) is 0 Å². The van der Waals surface area contributed by atoms with Crippen molar-refractivity contribution in [1.82, 2.24) is 0 Å². The summed E-state index contributed by atoms with van der Waals surface area (Å²) >= 11 is 0. The van der Waals surface area contributed by atoms with E-state index in [1.54, 1.807) is 0 Å². The van der Waals surface area contributed by atoms with Gasteiger partial charge in [0.25, 0.3) is 0 Å². The topological polar surface area (TPSA) is 61.3 Å². The monoisotopic (exact) mass is 275 g/mol. The molecule has 0 amide bonds. The zero-order chi connectivity index (χ0) is 9.12. The molecule has 0 unspecified atom stereocenters. The Hall–Kier alpha value is 0.898. The van der Waals surface area contributed by atoms with Gasteiger partial charge in [0.05, 0.1) is 0 Å². The van der Waals surface area contributed by atoms with Gasteiger partial charge in [0.15, 0.2) is 16.6 Å². The average Bonchev–Trinajstić information content (AvgIpc) is 1.86. The predicted octanol–water partition coefficient (Wildman–Crippen LogP) is 1.68. The maximum atomic E-state index is 5.95. The fourth-order valence-corrected chi connectivity index (χ4v) is 7.48. The van der Waals surface area contributed by atoms with Gasteiger partial charge in [-0.3, -0.25) is 0 Å². The Morgan fingerprint density at radius 1 is 0.857 bits per heavy atom. The maximum Gasteiger partial charge on any atom is 0.187 e. The van der Waals surface area contributed by atoms with E-state index in [1.165, 1.54) is 0 Å².